The molecular weight excluding hydrogens is 294 g/mol. The van der Waals surface area contributed by atoms with E-state index in [-0.39, 0.29) is 5.82 Å². The Bertz CT molecular complexity index is 758. The molecule has 0 amide bonds. The number of nitrogens with two attached hydrogens (primary N) is 1. The number of ether oxygens (including phenoxy) is 1. The number of aliphatic hydroxyl groups excluding tert-OH is 3. The zero-order chi connectivity index (χ0) is 15.9. The molecule has 0 bridgehead atoms. The maximum atomic E-state index is 10.2. The number of nitrogen functional groups attached to an aromatic ring is 1. The highest BCUT2D eigenvalue weighted by Gasteiger charge is 2.55. The monoisotopic (exact) mass is 307 g/mol. The Morgan fingerprint density at radius 3 is 2.95 bits per heavy atom. The molecule has 1 fully saturated rings. The van der Waals surface area contributed by atoms with Gasteiger partial charge in [-0.1, -0.05) is 5.11 Å². The highest BCUT2D eigenvalue weighted by Crippen LogP contribution is 2.41. The molecule has 1 unspecified atom stereocenters. The largest absolute Gasteiger partial charge is 0.393 e. The van der Waals surface area contributed by atoms with Crippen molar-refractivity contribution in [1.29, 1.82) is 0 Å². The van der Waals surface area contributed by atoms with Crippen LogP contribution in [-0.2, 0) is 4.74 Å². The molecular formula is C11H13N7O4. The molecule has 11 nitrogen and oxygen atoms in total. The summed E-state index contributed by atoms with van der Waals surface area (Å²) in [6.07, 6.45) is -2.85. The van der Waals surface area contributed by atoms with E-state index < -0.39 is 30.6 Å². The molecule has 0 aliphatic carbocycles. The molecule has 0 aromatic carbocycles. The maximum absolute atomic E-state index is 10.2. The first-order chi connectivity index (χ1) is 10.5. The van der Waals surface area contributed by atoms with Crippen LogP contribution in [0.25, 0.3) is 16.0 Å². The lowest BCUT2D eigenvalue weighted by molar-refractivity contribution is -0.108. The van der Waals surface area contributed by atoms with Crippen molar-refractivity contribution in [2.45, 2.75) is 24.0 Å². The molecule has 2 aromatic heterocycles. The SMILES string of the molecule is [N-]=[N+]=NC1(CO)O[C@@H](c2ccc3c(N)ncnn23)[C@H](O)[C@@H]1O. The first-order valence-corrected chi connectivity index (χ1v) is 6.33. The number of anilines is 1. The Kier molecular flexibility index (Phi) is 3.35. The van der Waals surface area contributed by atoms with Gasteiger partial charge in [0.2, 0.25) is 0 Å². The van der Waals surface area contributed by atoms with Crippen LogP contribution in [-0.4, -0.2) is 54.5 Å². The highest BCUT2D eigenvalue weighted by molar-refractivity contribution is 5.65. The summed E-state index contributed by atoms with van der Waals surface area (Å²) in [7, 11) is 0. The van der Waals surface area contributed by atoms with Gasteiger partial charge in [0.05, 0.1) is 12.3 Å². The van der Waals surface area contributed by atoms with E-state index in [1.165, 1.54) is 10.8 Å². The molecule has 22 heavy (non-hydrogen) atoms. The first-order valence-electron chi connectivity index (χ1n) is 6.33. The summed E-state index contributed by atoms with van der Waals surface area (Å²) in [4.78, 5) is 6.40. The van der Waals surface area contributed by atoms with Crippen molar-refractivity contribution < 1.29 is 20.1 Å². The van der Waals surface area contributed by atoms with Crippen LogP contribution < -0.4 is 5.73 Å². The Hall–Kier alpha value is -2.43. The van der Waals surface area contributed by atoms with Crippen LogP contribution in [0.3, 0.4) is 0 Å². The van der Waals surface area contributed by atoms with Crippen molar-refractivity contribution in [2.75, 3.05) is 12.3 Å². The van der Waals surface area contributed by atoms with Crippen LogP contribution in [0.1, 0.15) is 11.8 Å². The van der Waals surface area contributed by atoms with Gasteiger partial charge in [0.1, 0.15) is 30.2 Å². The minimum atomic E-state index is -1.96. The fourth-order valence-corrected chi connectivity index (χ4v) is 2.54. The molecule has 3 heterocycles. The average Bonchev–Trinajstić information content (AvgIpc) is 3.04. The predicted molar refractivity (Wildman–Crippen MR) is 72.2 cm³/mol. The number of rotatable bonds is 3. The lowest BCUT2D eigenvalue weighted by Gasteiger charge is -2.23. The Morgan fingerprint density at radius 2 is 2.27 bits per heavy atom. The van der Waals surface area contributed by atoms with Gasteiger partial charge in [0, 0.05) is 4.91 Å². The lowest BCUT2D eigenvalue weighted by Crippen LogP contribution is -2.44. The van der Waals surface area contributed by atoms with Gasteiger partial charge in [-0.3, -0.25) is 0 Å². The predicted octanol–water partition coefficient (Wildman–Crippen LogP) is -0.897. The van der Waals surface area contributed by atoms with E-state index in [1.807, 2.05) is 0 Å². The number of fused-ring (bicyclic) bond motifs is 1. The van der Waals surface area contributed by atoms with E-state index >= 15 is 0 Å². The molecule has 11 heteroatoms. The molecule has 116 valence electrons. The second-order valence-electron chi connectivity index (χ2n) is 4.87. The molecule has 0 spiro atoms. The van der Waals surface area contributed by atoms with E-state index in [2.05, 4.69) is 20.1 Å². The number of hydrogen-bond acceptors (Lipinski definition) is 8. The third kappa shape index (κ3) is 1.89. The summed E-state index contributed by atoms with van der Waals surface area (Å²) in [6.45, 7) is -0.785. The number of aliphatic hydroxyl groups is 3. The lowest BCUT2D eigenvalue weighted by atomic mass is 10.0. The molecule has 5 N–H and O–H groups in total. The van der Waals surface area contributed by atoms with Gasteiger partial charge in [-0.05, 0) is 17.7 Å². The molecule has 0 saturated carbocycles. The molecule has 1 saturated heterocycles. The normalized spacial score (nSPS) is 31.3. The standard InChI is InChI=1S/C11H13N7O4/c12-10-6-2-1-5(18(6)15-4-14-10)8-7(20)9(21)11(3-19,22-8)16-17-13/h1-2,4,7-9,19-21H,3H2,(H2,12,14,15)/t7-,8-,9-,11?/m0/s1. The van der Waals surface area contributed by atoms with E-state index in [1.54, 1.807) is 12.1 Å². The van der Waals surface area contributed by atoms with Crippen molar-refractivity contribution in [3.8, 4) is 0 Å². The molecule has 3 rings (SSSR count). The number of aromatic nitrogens is 3. The smallest absolute Gasteiger partial charge is 0.199 e. The van der Waals surface area contributed by atoms with Gasteiger partial charge in [0.25, 0.3) is 0 Å². The molecule has 2 aromatic rings. The highest BCUT2D eigenvalue weighted by atomic mass is 16.6. The van der Waals surface area contributed by atoms with Crippen molar-refractivity contribution in [3.05, 3.63) is 34.6 Å². The van der Waals surface area contributed by atoms with Crippen molar-refractivity contribution in [3.63, 3.8) is 0 Å². The van der Waals surface area contributed by atoms with E-state index in [0.29, 0.717) is 11.2 Å². The van der Waals surface area contributed by atoms with E-state index in [4.69, 9.17) is 16.0 Å². The summed E-state index contributed by atoms with van der Waals surface area (Å²) in [6, 6.07) is 3.21. The zero-order valence-electron chi connectivity index (χ0n) is 11.2. The van der Waals surface area contributed by atoms with Crippen molar-refractivity contribution in [2.24, 2.45) is 5.11 Å². The van der Waals surface area contributed by atoms with Crippen LogP contribution in [0.4, 0.5) is 5.82 Å². The van der Waals surface area contributed by atoms with Gasteiger partial charge in [-0.2, -0.15) is 5.10 Å². The number of hydrogen-bond donors (Lipinski definition) is 4. The quantitative estimate of drug-likeness (QED) is 0.323. The van der Waals surface area contributed by atoms with Crippen LogP contribution in [0.15, 0.2) is 23.6 Å². The molecule has 1 aliphatic rings. The van der Waals surface area contributed by atoms with Crippen molar-refractivity contribution >= 4 is 11.3 Å². The third-order valence-electron chi connectivity index (χ3n) is 3.67. The first kappa shape index (κ1) is 14.5. The van der Waals surface area contributed by atoms with Gasteiger partial charge in [0.15, 0.2) is 11.5 Å². The molecule has 4 atom stereocenters. The summed E-state index contributed by atoms with van der Waals surface area (Å²) < 4.78 is 6.86. The van der Waals surface area contributed by atoms with Gasteiger partial charge < -0.3 is 25.8 Å². The average molecular weight is 307 g/mol. The summed E-state index contributed by atoms with van der Waals surface area (Å²) in [5, 5.41) is 37.0. The second-order valence-corrected chi connectivity index (χ2v) is 4.87. The second kappa shape index (κ2) is 5.09. The van der Waals surface area contributed by atoms with Gasteiger partial charge in [-0.25, -0.2) is 9.50 Å². The fourth-order valence-electron chi connectivity index (χ4n) is 2.54. The summed E-state index contributed by atoms with van der Waals surface area (Å²) in [5.41, 5.74) is 13.2. The molecule has 1 aliphatic heterocycles. The fraction of sp³-hybridized carbons (Fsp3) is 0.455. The minimum absolute atomic E-state index is 0.234. The van der Waals surface area contributed by atoms with E-state index in [0.717, 1.165) is 0 Å². The van der Waals surface area contributed by atoms with E-state index in [9.17, 15) is 15.3 Å². The Labute approximate surface area is 123 Å². The zero-order valence-corrected chi connectivity index (χ0v) is 11.2. The minimum Gasteiger partial charge on any atom is -0.393 e. The van der Waals surface area contributed by atoms with Crippen LogP contribution in [0, 0.1) is 0 Å². The molecule has 0 radical (unpaired) electrons. The number of azide groups is 1. The van der Waals surface area contributed by atoms with Crippen LogP contribution in [0.2, 0.25) is 0 Å². The third-order valence-corrected chi connectivity index (χ3v) is 3.67. The van der Waals surface area contributed by atoms with Crippen LogP contribution in [0.5, 0.6) is 0 Å². The summed E-state index contributed by atoms with van der Waals surface area (Å²) in [5.74, 6) is 0.234. The Morgan fingerprint density at radius 1 is 1.50 bits per heavy atom. The van der Waals surface area contributed by atoms with Crippen molar-refractivity contribution in [1.82, 2.24) is 14.6 Å². The topological polar surface area (TPSA) is 175 Å². The maximum Gasteiger partial charge on any atom is 0.199 e. The van der Waals surface area contributed by atoms with Gasteiger partial charge in [-0.15, -0.1) is 0 Å². The summed E-state index contributed by atoms with van der Waals surface area (Å²) >= 11 is 0. The van der Waals surface area contributed by atoms with Gasteiger partial charge >= 0.3 is 0 Å². The Balaban J connectivity index is 2.08. The van der Waals surface area contributed by atoms with Crippen LogP contribution >= 0.6 is 0 Å². The number of nitrogens with zero attached hydrogens (tertiary/aromatic N) is 6.